The van der Waals surface area contributed by atoms with E-state index >= 15 is 0 Å². The first-order valence-corrected chi connectivity index (χ1v) is 7.17. The molecule has 0 saturated carbocycles. The van der Waals surface area contributed by atoms with E-state index in [9.17, 15) is 0 Å². The highest BCUT2D eigenvalue weighted by molar-refractivity contribution is 9.10. The molecule has 106 valence electrons. The maximum atomic E-state index is 5.00. The van der Waals surface area contributed by atoms with Gasteiger partial charge in [0.2, 0.25) is 5.88 Å². The number of aromatic nitrogens is 4. The molecule has 0 atom stereocenters. The van der Waals surface area contributed by atoms with Gasteiger partial charge in [-0.05, 0) is 35.3 Å². The number of anilines is 1. The molecule has 0 amide bonds. The summed E-state index contributed by atoms with van der Waals surface area (Å²) in [5.74, 6) is 1.79. The third-order valence-corrected chi connectivity index (χ3v) is 3.51. The van der Waals surface area contributed by atoms with Crippen LogP contribution in [0.15, 0.2) is 16.6 Å². The van der Waals surface area contributed by atoms with E-state index in [4.69, 9.17) is 4.74 Å². The van der Waals surface area contributed by atoms with Gasteiger partial charge in [-0.1, -0.05) is 6.92 Å². The topological polar surface area (TPSA) is 72.8 Å². The van der Waals surface area contributed by atoms with E-state index in [1.165, 1.54) is 0 Å². The molecule has 0 bridgehead atoms. The molecule has 0 saturated heterocycles. The number of halogens is 1. The minimum Gasteiger partial charge on any atom is -0.480 e. The monoisotopic (exact) mass is 337 g/mol. The first-order chi connectivity index (χ1) is 9.69. The molecule has 0 aliphatic heterocycles. The first-order valence-electron chi connectivity index (χ1n) is 6.37. The molecule has 0 unspecified atom stereocenters. The molecular weight excluding hydrogens is 322 g/mol. The second-order valence-corrected chi connectivity index (χ2v) is 4.79. The lowest BCUT2D eigenvalue weighted by Gasteiger charge is -2.10. The van der Waals surface area contributed by atoms with Crippen LogP contribution in [0.3, 0.4) is 0 Å². The molecule has 0 aliphatic carbocycles. The number of rotatable bonds is 5. The average Bonchev–Trinajstić information content (AvgIpc) is 2.49. The van der Waals surface area contributed by atoms with Crippen LogP contribution in [0.5, 0.6) is 5.88 Å². The molecule has 0 radical (unpaired) electrons. The zero-order valence-corrected chi connectivity index (χ0v) is 13.2. The van der Waals surface area contributed by atoms with Gasteiger partial charge in [0.15, 0.2) is 5.82 Å². The second-order valence-electron chi connectivity index (χ2n) is 4.00. The molecule has 0 spiro atoms. The Morgan fingerprint density at radius 2 is 2.00 bits per heavy atom. The van der Waals surface area contributed by atoms with Gasteiger partial charge in [-0.15, -0.1) is 10.2 Å². The summed E-state index contributed by atoms with van der Waals surface area (Å²) >= 11 is 3.53. The molecule has 1 N–H and O–H groups in total. The highest BCUT2D eigenvalue weighted by atomic mass is 79.9. The molecule has 0 fully saturated rings. The summed E-state index contributed by atoms with van der Waals surface area (Å²) in [6.45, 7) is 4.85. The van der Waals surface area contributed by atoms with Gasteiger partial charge >= 0.3 is 0 Å². The molecule has 2 rings (SSSR count). The highest BCUT2D eigenvalue weighted by Crippen LogP contribution is 2.27. The van der Waals surface area contributed by atoms with E-state index in [2.05, 4.69) is 41.4 Å². The van der Waals surface area contributed by atoms with Crippen molar-refractivity contribution in [1.29, 1.82) is 0 Å². The lowest BCUT2D eigenvalue weighted by atomic mass is 10.3. The quantitative estimate of drug-likeness (QED) is 0.904. The van der Waals surface area contributed by atoms with Crippen molar-refractivity contribution < 1.29 is 4.74 Å². The smallest absolute Gasteiger partial charge is 0.233 e. The molecular formula is C13H16BrN5O. The van der Waals surface area contributed by atoms with Crippen molar-refractivity contribution in [3.8, 4) is 17.4 Å². The van der Waals surface area contributed by atoms with Crippen molar-refractivity contribution >= 4 is 21.7 Å². The summed E-state index contributed by atoms with van der Waals surface area (Å²) < 4.78 is 5.89. The Hall–Kier alpha value is -1.76. The van der Waals surface area contributed by atoms with E-state index < -0.39 is 0 Å². The zero-order chi connectivity index (χ0) is 14.5. The predicted octanol–water partition coefficient (Wildman–Crippen LogP) is 2.70. The van der Waals surface area contributed by atoms with Gasteiger partial charge in [-0.3, -0.25) is 0 Å². The largest absolute Gasteiger partial charge is 0.480 e. The van der Waals surface area contributed by atoms with Crippen LogP contribution in [-0.2, 0) is 6.42 Å². The fourth-order valence-electron chi connectivity index (χ4n) is 1.68. The normalized spacial score (nSPS) is 10.4. The number of methoxy groups -OCH3 is 1. The molecule has 2 heterocycles. The van der Waals surface area contributed by atoms with Gasteiger partial charge in [0.25, 0.3) is 0 Å². The Balaban J connectivity index is 2.46. The van der Waals surface area contributed by atoms with Crippen molar-refractivity contribution in [3.63, 3.8) is 0 Å². The van der Waals surface area contributed by atoms with Crippen LogP contribution < -0.4 is 10.1 Å². The minimum atomic E-state index is 0.466. The van der Waals surface area contributed by atoms with Crippen molar-refractivity contribution in [1.82, 2.24) is 20.2 Å². The van der Waals surface area contributed by atoms with Gasteiger partial charge in [0.1, 0.15) is 11.5 Å². The molecule has 20 heavy (non-hydrogen) atoms. The summed E-state index contributed by atoms with van der Waals surface area (Å²) in [5, 5.41) is 11.2. The maximum Gasteiger partial charge on any atom is 0.233 e. The van der Waals surface area contributed by atoms with Crippen LogP contribution in [0.25, 0.3) is 11.5 Å². The van der Waals surface area contributed by atoms with E-state index in [0.717, 1.165) is 29.0 Å². The van der Waals surface area contributed by atoms with E-state index in [1.54, 1.807) is 19.2 Å². The second kappa shape index (κ2) is 6.60. The highest BCUT2D eigenvalue weighted by Gasteiger charge is 2.13. The Kier molecular flexibility index (Phi) is 4.84. The van der Waals surface area contributed by atoms with Gasteiger partial charge < -0.3 is 10.1 Å². The molecule has 7 heteroatoms. The van der Waals surface area contributed by atoms with Crippen LogP contribution in [-0.4, -0.2) is 33.8 Å². The SMILES string of the molecule is CCNc1nc(-c2ccc(OC)nn2)nc(CC)c1Br. The maximum absolute atomic E-state index is 5.00. The van der Waals surface area contributed by atoms with Gasteiger partial charge in [-0.2, -0.15) is 0 Å². The van der Waals surface area contributed by atoms with E-state index in [-0.39, 0.29) is 0 Å². The van der Waals surface area contributed by atoms with Crippen LogP contribution >= 0.6 is 15.9 Å². The number of ether oxygens (including phenoxy) is 1. The van der Waals surface area contributed by atoms with Crippen molar-refractivity contribution in [2.45, 2.75) is 20.3 Å². The number of aryl methyl sites for hydroxylation is 1. The molecule has 6 nitrogen and oxygen atoms in total. The van der Waals surface area contributed by atoms with Crippen molar-refractivity contribution in [3.05, 3.63) is 22.3 Å². The van der Waals surface area contributed by atoms with Gasteiger partial charge in [0, 0.05) is 12.6 Å². The molecule has 2 aromatic heterocycles. The standard InChI is InChI=1S/C13H16BrN5O/c1-4-8-11(14)13(15-5-2)17-12(16-8)9-6-7-10(20-3)19-18-9/h6-7H,4-5H2,1-3H3,(H,15,16,17). The molecule has 0 aliphatic rings. The van der Waals surface area contributed by atoms with Crippen molar-refractivity contribution in [2.24, 2.45) is 0 Å². The van der Waals surface area contributed by atoms with Crippen LogP contribution in [0.4, 0.5) is 5.82 Å². The number of nitrogens with zero attached hydrogens (tertiary/aromatic N) is 4. The van der Waals surface area contributed by atoms with Crippen molar-refractivity contribution in [2.75, 3.05) is 19.0 Å². The fourth-order valence-corrected chi connectivity index (χ4v) is 2.27. The van der Waals surface area contributed by atoms with Gasteiger partial charge in [0.05, 0.1) is 17.3 Å². The van der Waals surface area contributed by atoms with Crippen LogP contribution in [0.1, 0.15) is 19.5 Å². The zero-order valence-electron chi connectivity index (χ0n) is 11.6. The third kappa shape index (κ3) is 3.04. The molecule has 0 aromatic carbocycles. The predicted molar refractivity (Wildman–Crippen MR) is 80.9 cm³/mol. The Morgan fingerprint density at radius 3 is 2.55 bits per heavy atom. The summed E-state index contributed by atoms with van der Waals surface area (Å²) in [7, 11) is 1.55. The minimum absolute atomic E-state index is 0.466. The summed E-state index contributed by atoms with van der Waals surface area (Å²) in [6.07, 6.45) is 0.804. The number of hydrogen-bond acceptors (Lipinski definition) is 6. The summed E-state index contributed by atoms with van der Waals surface area (Å²) in [6, 6.07) is 3.54. The summed E-state index contributed by atoms with van der Waals surface area (Å²) in [5.41, 5.74) is 1.55. The lowest BCUT2D eigenvalue weighted by Crippen LogP contribution is -2.06. The van der Waals surface area contributed by atoms with E-state index in [0.29, 0.717) is 17.4 Å². The lowest BCUT2D eigenvalue weighted by molar-refractivity contribution is 0.392. The van der Waals surface area contributed by atoms with E-state index in [1.807, 2.05) is 13.8 Å². The third-order valence-electron chi connectivity index (χ3n) is 2.68. The Morgan fingerprint density at radius 1 is 1.20 bits per heavy atom. The fraction of sp³-hybridized carbons (Fsp3) is 0.385. The van der Waals surface area contributed by atoms with Crippen LogP contribution in [0, 0.1) is 0 Å². The molecule has 2 aromatic rings. The number of hydrogen-bond donors (Lipinski definition) is 1. The summed E-state index contributed by atoms with van der Waals surface area (Å²) in [4.78, 5) is 9.00. The van der Waals surface area contributed by atoms with Gasteiger partial charge in [-0.25, -0.2) is 9.97 Å². The van der Waals surface area contributed by atoms with Crippen LogP contribution in [0.2, 0.25) is 0 Å². The average molecular weight is 338 g/mol. The number of nitrogens with one attached hydrogen (secondary N) is 1. The first kappa shape index (κ1) is 14.6. The Bertz CT molecular complexity index is 588. The Labute approximate surface area is 126 Å².